The zero-order valence-electron chi connectivity index (χ0n) is 10.9. The molecule has 5 nitrogen and oxygen atoms in total. The van der Waals surface area contributed by atoms with E-state index in [1.165, 1.54) is 12.1 Å². The Morgan fingerprint density at radius 3 is 2.45 bits per heavy atom. The third-order valence-corrected chi connectivity index (χ3v) is 3.75. The zero-order valence-corrected chi connectivity index (χ0v) is 11.7. The van der Waals surface area contributed by atoms with Gasteiger partial charge >= 0.3 is 6.18 Å². The molecule has 1 aromatic rings. The van der Waals surface area contributed by atoms with Gasteiger partial charge in [0.1, 0.15) is 10.7 Å². The van der Waals surface area contributed by atoms with E-state index in [1.807, 2.05) is 11.6 Å². The van der Waals surface area contributed by atoms with Crippen LogP contribution in [-0.4, -0.2) is 32.7 Å². The highest BCUT2D eigenvalue weighted by Crippen LogP contribution is 2.19. The van der Waals surface area contributed by atoms with Gasteiger partial charge in [-0.2, -0.15) is 13.2 Å². The number of anilines is 1. The molecule has 0 atom stereocenters. The summed E-state index contributed by atoms with van der Waals surface area (Å²) in [6, 6.07) is 2.76. The number of hydrogen-bond donors (Lipinski definition) is 2. The van der Waals surface area contributed by atoms with Crippen LogP contribution in [-0.2, 0) is 10.0 Å². The Morgan fingerprint density at radius 1 is 1.25 bits per heavy atom. The molecule has 0 saturated carbocycles. The van der Waals surface area contributed by atoms with E-state index in [0.717, 1.165) is 12.6 Å². The Morgan fingerprint density at radius 2 is 1.95 bits per heavy atom. The van der Waals surface area contributed by atoms with Gasteiger partial charge in [-0.15, -0.1) is 0 Å². The van der Waals surface area contributed by atoms with E-state index >= 15 is 0 Å². The molecule has 0 aliphatic rings. The fourth-order valence-electron chi connectivity index (χ4n) is 1.31. The zero-order chi connectivity index (χ0) is 15.2. The molecule has 0 aliphatic carbocycles. The van der Waals surface area contributed by atoms with Crippen LogP contribution in [0.25, 0.3) is 0 Å². The fraction of sp³-hybridized carbons (Fsp3) is 0.545. The number of pyridine rings is 1. The summed E-state index contributed by atoms with van der Waals surface area (Å²) < 4.78 is 61.1. The van der Waals surface area contributed by atoms with Crippen molar-refractivity contribution >= 4 is 15.8 Å². The molecule has 0 amide bonds. The fourth-order valence-corrected chi connectivity index (χ4v) is 2.28. The first-order chi connectivity index (χ1) is 9.24. The molecule has 0 bridgehead atoms. The van der Waals surface area contributed by atoms with Crippen molar-refractivity contribution in [3.05, 3.63) is 18.3 Å². The van der Waals surface area contributed by atoms with Crippen LogP contribution in [0, 0.1) is 0 Å². The molecule has 0 fully saturated rings. The average Bonchev–Trinajstić information content (AvgIpc) is 2.35. The molecule has 114 valence electrons. The first-order valence-electron chi connectivity index (χ1n) is 6.01. The van der Waals surface area contributed by atoms with Crippen LogP contribution in [0.5, 0.6) is 0 Å². The van der Waals surface area contributed by atoms with Crippen molar-refractivity contribution in [1.29, 1.82) is 0 Å². The van der Waals surface area contributed by atoms with Gasteiger partial charge < -0.3 is 5.32 Å². The number of rotatable bonds is 7. The van der Waals surface area contributed by atoms with Crippen LogP contribution < -0.4 is 10.0 Å². The Bertz CT molecular complexity index is 515. The van der Waals surface area contributed by atoms with Crippen molar-refractivity contribution in [3.8, 4) is 0 Å². The lowest BCUT2D eigenvalue weighted by Gasteiger charge is -2.09. The highest BCUT2D eigenvalue weighted by atomic mass is 32.2. The topological polar surface area (TPSA) is 71.1 Å². The van der Waals surface area contributed by atoms with E-state index in [1.54, 1.807) is 0 Å². The minimum atomic E-state index is -4.39. The molecule has 0 aliphatic heterocycles. The maximum absolute atomic E-state index is 11.9. The summed E-state index contributed by atoms with van der Waals surface area (Å²) in [7, 11) is -3.96. The lowest BCUT2D eigenvalue weighted by molar-refractivity contribution is -0.132. The Kier molecular flexibility index (Phi) is 5.75. The Hall–Kier alpha value is -1.35. The summed E-state index contributed by atoms with van der Waals surface area (Å²) >= 11 is 0. The van der Waals surface area contributed by atoms with Gasteiger partial charge in [0, 0.05) is 19.3 Å². The minimum Gasteiger partial charge on any atom is -0.370 e. The van der Waals surface area contributed by atoms with Gasteiger partial charge in [-0.25, -0.2) is 18.1 Å². The highest BCUT2D eigenvalue weighted by molar-refractivity contribution is 7.89. The molecule has 0 radical (unpaired) electrons. The van der Waals surface area contributed by atoms with Crippen molar-refractivity contribution in [2.75, 3.05) is 18.4 Å². The molecule has 0 spiro atoms. The Balaban J connectivity index is 2.63. The highest BCUT2D eigenvalue weighted by Gasteiger charge is 2.27. The second-order valence-corrected chi connectivity index (χ2v) is 5.84. The summed E-state index contributed by atoms with van der Waals surface area (Å²) in [5, 5.41) is 2.96. The predicted molar refractivity (Wildman–Crippen MR) is 68.9 cm³/mol. The van der Waals surface area contributed by atoms with Crippen molar-refractivity contribution in [2.45, 2.75) is 30.8 Å². The molecular formula is C11H16F3N3O2S. The van der Waals surface area contributed by atoms with Crippen molar-refractivity contribution in [2.24, 2.45) is 0 Å². The maximum atomic E-state index is 11.9. The van der Waals surface area contributed by atoms with E-state index in [2.05, 4.69) is 10.3 Å². The van der Waals surface area contributed by atoms with Gasteiger partial charge in [-0.05, 0) is 18.6 Å². The molecule has 20 heavy (non-hydrogen) atoms. The quantitative estimate of drug-likeness (QED) is 0.809. The summed E-state index contributed by atoms with van der Waals surface area (Å²) in [5.74, 6) is 0.515. The van der Waals surface area contributed by atoms with E-state index in [0.29, 0.717) is 12.4 Å². The van der Waals surface area contributed by atoms with Crippen molar-refractivity contribution in [3.63, 3.8) is 0 Å². The third-order valence-electron chi connectivity index (χ3n) is 2.30. The van der Waals surface area contributed by atoms with Gasteiger partial charge in [0.2, 0.25) is 10.0 Å². The number of hydrogen-bond acceptors (Lipinski definition) is 4. The molecule has 9 heteroatoms. The Labute approximate surface area is 115 Å². The lowest BCUT2D eigenvalue weighted by atomic mass is 10.4. The normalized spacial score (nSPS) is 12.4. The molecule has 1 aromatic heterocycles. The van der Waals surface area contributed by atoms with Crippen LogP contribution in [0.4, 0.5) is 19.0 Å². The van der Waals surface area contributed by atoms with Crippen LogP contribution in [0.1, 0.15) is 19.8 Å². The summed E-state index contributed by atoms with van der Waals surface area (Å²) in [6.07, 6.45) is -3.61. The van der Waals surface area contributed by atoms with Crippen LogP contribution in [0.15, 0.2) is 23.2 Å². The smallest absolute Gasteiger partial charge is 0.370 e. The van der Waals surface area contributed by atoms with Crippen molar-refractivity contribution in [1.82, 2.24) is 9.71 Å². The van der Waals surface area contributed by atoms with Crippen LogP contribution in [0.3, 0.4) is 0 Å². The van der Waals surface area contributed by atoms with E-state index in [-0.39, 0.29) is 4.90 Å². The van der Waals surface area contributed by atoms with Gasteiger partial charge in [0.15, 0.2) is 0 Å². The van der Waals surface area contributed by atoms with E-state index < -0.39 is 29.2 Å². The summed E-state index contributed by atoms with van der Waals surface area (Å²) in [4.78, 5) is 3.72. The van der Waals surface area contributed by atoms with Gasteiger partial charge in [0.05, 0.1) is 6.42 Å². The molecular weight excluding hydrogens is 295 g/mol. The molecule has 0 aromatic carbocycles. The largest absolute Gasteiger partial charge is 0.390 e. The van der Waals surface area contributed by atoms with Gasteiger partial charge in [-0.3, -0.25) is 0 Å². The molecule has 1 rings (SSSR count). The number of nitrogens with zero attached hydrogens (tertiary/aromatic N) is 1. The maximum Gasteiger partial charge on any atom is 0.390 e. The first kappa shape index (κ1) is 16.7. The first-order valence-corrected chi connectivity index (χ1v) is 7.49. The second-order valence-electron chi connectivity index (χ2n) is 4.07. The number of sulfonamides is 1. The molecule has 0 saturated heterocycles. The second kappa shape index (κ2) is 6.89. The number of aromatic nitrogens is 1. The number of nitrogens with one attached hydrogen (secondary N) is 2. The van der Waals surface area contributed by atoms with E-state index in [9.17, 15) is 21.6 Å². The lowest BCUT2D eigenvalue weighted by Crippen LogP contribution is -2.28. The average molecular weight is 311 g/mol. The van der Waals surface area contributed by atoms with Crippen molar-refractivity contribution < 1.29 is 21.6 Å². The van der Waals surface area contributed by atoms with E-state index in [4.69, 9.17) is 0 Å². The third kappa shape index (κ3) is 5.74. The monoisotopic (exact) mass is 311 g/mol. The summed E-state index contributed by atoms with van der Waals surface area (Å²) in [6.45, 7) is 1.97. The predicted octanol–water partition coefficient (Wildman–Crippen LogP) is 2.13. The molecule has 1 heterocycles. The van der Waals surface area contributed by atoms with Gasteiger partial charge in [0.25, 0.3) is 0 Å². The number of alkyl halides is 3. The molecule has 2 N–H and O–H groups in total. The standard InChI is InChI=1S/C11H16F3N3O2S/c1-2-6-15-10-4-3-9(8-16-10)20(18,19)17-7-5-11(12,13)14/h3-4,8,17H,2,5-7H2,1H3,(H,15,16). The van der Waals surface area contributed by atoms with Gasteiger partial charge in [-0.1, -0.05) is 6.92 Å². The molecule has 0 unspecified atom stereocenters. The summed E-state index contributed by atoms with van der Waals surface area (Å²) in [5.41, 5.74) is 0. The van der Waals surface area contributed by atoms with Crippen LogP contribution in [0.2, 0.25) is 0 Å². The minimum absolute atomic E-state index is 0.165. The van der Waals surface area contributed by atoms with Crippen LogP contribution >= 0.6 is 0 Å². The number of halogens is 3. The SMILES string of the molecule is CCCNc1ccc(S(=O)(=O)NCCC(F)(F)F)cn1.